The zero-order valence-corrected chi connectivity index (χ0v) is 10.2. The van der Waals surface area contributed by atoms with Gasteiger partial charge in [0.15, 0.2) is 0 Å². The van der Waals surface area contributed by atoms with E-state index in [1.807, 2.05) is 18.2 Å². The molecule has 0 saturated heterocycles. The van der Waals surface area contributed by atoms with Crippen molar-refractivity contribution in [1.29, 1.82) is 0 Å². The van der Waals surface area contributed by atoms with Gasteiger partial charge in [-0.25, -0.2) is 0 Å². The zero-order valence-electron chi connectivity index (χ0n) is 10.2. The molecule has 0 radical (unpaired) electrons. The van der Waals surface area contributed by atoms with Gasteiger partial charge in [0.1, 0.15) is 5.75 Å². The van der Waals surface area contributed by atoms with Gasteiger partial charge in [-0.2, -0.15) is 5.10 Å². The number of nitrogens with one attached hydrogen (secondary N) is 2. The average molecular weight is 243 g/mol. The molecule has 1 unspecified atom stereocenters. The van der Waals surface area contributed by atoms with Gasteiger partial charge in [0, 0.05) is 24.5 Å². The molecule has 94 valence electrons. The fourth-order valence-corrected chi connectivity index (χ4v) is 2.63. The number of phenols is 1. The predicted molar refractivity (Wildman–Crippen MR) is 69.2 cm³/mol. The number of aromatic amines is 1. The summed E-state index contributed by atoms with van der Waals surface area (Å²) >= 11 is 0. The maximum Gasteiger partial charge on any atom is 0.115 e. The second-order valence-corrected chi connectivity index (χ2v) is 4.79. The number of rotatable bonds is 3. The summed E-state index contributed by atoms with van der Waals surface area (Å²) in [5.41, 5.74) is 3.68. The summed E-state index contributed by atoms with van der Waals surface area (Å²) in [6.45, 7) is 0.797. The Kier molecular flexibility index (Phi) is 3.02. The van der Waals surface area contributed by atoms with E-state index in [-0.39, 0.29) is 0 Å². The summed E-state index contributed by atoms with van der Waals surface area (Å²) in [4.78, 5) is 0. The summed E-state index contributed by atoms with van der Waals surface area (Å²) in [6, 6.07) is 8.05. The van der Waals surface area contributed by atoms with Crippen molar-refractivity contribution in [3.63, 3.8) is 0 Å². The average Bonchev–Trinajstić information content (AvgIpc) is 2.89. The van der Waals surface area contributed by atoms with Gasteiger partial charge < -0.3 is 10.4 Å². The molecule has 0 spiro atoms. The van der Waals surface area contributed by atoms with Gasteiger partial charge in [-0.1, -0.05) is 6.07 Å². The Morgan fingerprint density at radius 1 is 1.39 bits per heavy atom. The number of aryl methyl sites for hydroxylation is 1. The lowest BCUT2D eigenvalue weighted by Crippen LogP contribution is -2.24. The van der Waals surface area contributed by atoms with Crippen molar-refractivity contribution >= 4 is 0 Å². The van der Waals surface area contributed by atoms with E-state index in [0.29, 0.717) is 11.8 Å². The van der Waals surface area contributed by atoms with Gasteiger partial charge in [-0.05, 0) is 48.6 Å². The monoisotopic (exact) mass is 243 g/mol. The molecule has 0 aliphatic heterocycles. The number of hydrogen-bond donors (Lipinski definition) is 3. The van der Waals surface area contributed by atoms with Crippen LogP contribution in [0.5, 0.6) is 5.75 Å². The number of H-pyrrole nitrogens is 1. The first-order chi connectivity index (χ1) is 8.83. The van der Waals surface area contributed by atoms with E-state index in [9.17, 15) is 5.11 Å². The molecular formula is C14H17N3O. The fourth-order valence-electron chi connectivity index (χ4n) is 2.63. The summed E-state index contributed by atoms with van der Waals surface area (Å²) in [5, 5.41) is 20.0. The van der Waals surface area contributed by atoms with Crippen LogP contribution in [-0.4, -0.2) is 15.3 Å². The van der Waals surface area contributed by atoms with Crippen molar-refractivity contribution in [3.05, 3.63) is 47.3 Å². The molecule has 1 aliphatic rings. The third-order valence-corrected chi connectivity index (χ3v) is 3.54. The Morgan fingerprint density at radius 2 is 2.33 bits per heavy atom. The molecule has 1 atom stereocenters. The number of nitrogens with zero attached hydrogens (tertiary/aromatic N) is 1. The van der Waals surface area contributed by atoms with E-state index in [0.717, 1.165) is 31.5 Å². The van der Waals surface area contributed by atoms with E-state index in [1.165, 1.54) is 11.1 Å². The van der Waals surface area contributed by atoms with Crippen LogP contribution in [0.2, 0.25) is 0 Å². The highest BCUT2D eigenvalue weighted by Crippen LogP contribution is 2.31. The summed E-state index contributed by atoms with van der Waals surface area (Å²) < 4.78 is 0. The predicted octanol–water partition coefficient (Wildman–Crippen LogP) is 2.28. The van der Waals surface area contributed by atoms with Crippen molar-refractivity contribution in [2.45, 2.75) is 31.8 Å². The minimum atomic E-state index is 0.364. The fraction of sp³-hybridized carbons (Fsp3) is 0.357. The number of phenolic OH excluding ortho intramolecular Hbond substituents is 1. The van der Waals surface area contributed by atoms with Crippen molar-refractivity contribution in [3.8, 4) is 5.75 Å². The van der Waals surface area contributed by atoms with Crippen LogP contribution in [0.1, 0.15) is 35.7 Å². The van der Waals surface area contributed by atoms with E-state index in [2.05, 4.69) is 15.5 Å². The molecule has 1 aromatic carbocycles. The molecule has 1 heterocycles. The van der Waals surface area contributed by atoms with Crippen LogP contribution in [0.4, 0.5) is 0 Å². The van der Waals surface area contributed by atoms with Crippen LogP contribution in [0, 0.1) is 0 Å². The van der Waals surface area contributed by atoms with Crippen LogP contribution >= 0.6 is 0 Å². The van der Waals surface area contributed by atoms with Gasteiger partial charge in [0.05, 0.1) is 0 Å². The van der Waals surface area contributed by atoms with Crippen LogP contribution < -0.4 is 5.32 Å². The van der Waals surface area contributed by atoms with Crippen LogP contribution in [-0.2, 0) is 13.0 Å². The van der Waals surface area contributed by atoms with Crippen molar-refractivity contribution < 1.29 is 5.11 Å². The highest BCUT2D eigenvalue weighted by atomic mass is 16.3. The lowest BCUT2D eigenvalue weighted by atomic mass is 9.87. The molecule has 2 aromatic rings. The zero-order chi connectivity index (χ0) is 12.4. The Bertz CT molecular complexity index is 522. The summed E-state index contributed by atoms with van der Waals surface area (Å²) in [5.74, 6) is 0.364. The Hall–Kier alpha value is -1.81. The third kappa shape index (κ3) is 2.24. The molecule has 4 heteroatoms. The lowest BCUT2D eigenvalue weighted by Gasteiger charge is -2.26. The number of aromatic nitrogens is 2. The van der Waals surface area contributed by atoms with E-state index >= 15 is 0 Å². The molecule has 1 aliphatic carbocycles. The third-order valence-electron chi connectivity index (χ3n) is 3.54. The van der Waals surface area contributed by atoms with E-state index in [1.54, 1.807) is 12.3 Å². The quantitative estimate of drug-likeness (QED) is 0.775. The van der Waals surface area contributed by atoms with Gasteiger partial charge in [0.2, 0.25) is 0 Å². The Balaban J connectivity index is 1.75. The van der Waals surface area contributed by atoms with Crippen LogP contribution in [0.3, 0.4) is 0 Å². The van der Waals surface area contributed by atoms with Crippen molar-refractivity contribution in [2.75, 3.05) is 0 Å². The number of hydrogen-bond acceptors (Lipinski definition) is 3. The molecule has 0 saturated carbocycles. The Labute approximate surface area is 106 Å². The second-order valence-electron chi connectivity index (χ2n) is 4.79. The smallest absolute Gasteiger partial charge is 0.115 e. The molecule has 0 fully saturated rings. The van der Waals surface area contributed by atoms with Crippen LogP contribution in [0.25, 0.3) is 0 Å². The highest BCUT2D eigenvalue weighted by molar-refractivity contribution is 5.38. The lowest BCUT2D eigenvalue weighted by molar-refractivity contribution is 0.447. The van der Waals surface area contributed by atoms with Gasteiger partial charge in [0.25, 0.3) is 0 Å². The number of benzene rings is 1. The molecule has 3 N–H and O–H groups in total. The summed E-state index contributed by atoms with van der Waals surface area (Å²) in [6.07, 6.45) is 5.14. The van der Waals surface area contributed by atoms with E-state index in [4.69, 9.17) is 0 Å². The maximum absolute atomic E-state index is 9.52. The maximum atomic E-state index is 9.52. The second kappa shape index (κ2) is 4.82. The van der Waals surface area contributed by atoms with Gasteiger partial charge >= 0.3 is 0 Å². The topological polar surface area (TPSA) is 60.9 Å². The first kappa shape index (κ1) is 11.3. The van der Waals surface area contributed by atoms with E-state index < -0.39 is 0 Å². The Morgan fingerprint density at radius 3 is 3.17 bits per heavy atom. The molecule has 3 rings (SSSR count). The molecule has 0 bridgehead atoms. The summed E-state index contributed by atoms with van der Waals surface area (Å²) in [7, 11) is 0. The molecule has 1 aromatic heterocycles. The molecular weight excluding hydrogens is 226 g/mol. The largest absolute Gasteiger partial charge is 0.508 e. The van der Waals surface area contributed by atoms with Gasteiger partial charge in [-0.3, -0.25) is 5.10 Å². The number of fused-ring (bicyclic) bond motifs is 1. The van der Waals surface area contributed by atoms with Crippen molar-refractivity contribution in [1.82, 2.24) is 15.5 Å². The van der Waals surface area contributed by atoms with Crippen LogP contribution in [0.15, 0.2) is 30.5 Å². The van der Waals surface area contributed by atoms with Crippen molar-refractivity contribution in [2.24, 2.45) is 0 Å². The minimum Gasteiger partial charge on any atom is -0.508 e. The van der Waals surface area contributed by atoms with Gasteiger partial charge in [-0.15, -0.1) is 0 Å². The number of aromatic hydroxyl groups is 1. The molecule has 4 nitrogen and oxygen atoms in total. The first-order valence-corrected chi connectivity index (χ1v) is 6.36. The normalized spacial score (nSPS) is 18.6. The highest BCUT2D eigenvalue weighted by Gasteiger charge is 2.19. The minimum absolute atomic E-state index is 0.364. The molecule has 0 amide bonds. The first-order valence-electron chi connectivity index (χ1n) is 6.36. The molecule has 18 heavy (non-hydrogen) atoms. The SMILES string of the molecule is Oc1ccc2c(c1)CCCC2NCc1ccn[nH]1. The standard InChI is InChI=1S/C14H17N3O/c18-12-4-5-13-10(8-12)2-1-3-14(13)15-9-11-6-7-16-17-11/h4-8,14-15,18H,1-3,9H2,(H,16,17).